The third kappa shape index (κ3) is 3.96. The summed E-state index contributed by atoms with van der Waals surface area (Å²) in [5.41, 5.74) is 18.7. The van der Waals surface area contributed by atoms with Gasteiger partial charge in [-0.05, 0) is 0 Å². The summed E-state index contributed by atoms with van der Waals surface area (Å²) in [6.45, 7) is 9.22. The molecule has 0 amide bonds. The number of allylic oxidation sites excluding steroid dienone is 2. The average Bonchev–Trinajstić information content (AvgIpc) is 3.57. The van der Waals surface area contributed by atoms with Crippen molar-refractivity contribution >= 4 is 12.2 Å². The van der Waals surface area contributed by atoms with E-state index in [4.69, 9.17) is 0 Å². The zero-order valence-corrected chi connectivity index (χ0v) is 30.3. The number of benzene rings is 4. The monoisotopic (exact) mass is 728 g/mol. The molecule has 0 nitrogen and oxygen atoms in total. The molecule has 1 saturated carbocycles. The Hall–Kier alpha value is -2.77. The van der Waals surface area contributed by atoms with E-state index in [1.165, 1.54) is 63.8 Å². The van der Waals surface area contributed by atoms with Gasteiger partial charge >= 0.3 is 265 Å². The first-order valence-electron chi connectivity index (χ1n) is 16.6. The zero-order chi connectivity index (χ0) is 29.7. The molecule has 2 unspecified atom stereocenters. The fourth-order valence-electron chi connectivity index (χ4n) is 9.31. The van der Waals surface area contributed by atoms with Crippen LogP contribution in [0.3, 0.4) is 0 Å². The summed E-state index contributed by atoms with van der Waals surface area (Å²) in [5, 5.41) is 0. The fraction of sp³-hybridized carbons (Fsp3) is 0.333. The SMILES string of the molecule is CC(C)c1cccc(-c2cccc3c2C=C2[CH]3[Hf]([CH3])([CH3])[CH]3C(=Cc4c(-c5cccc(C(C)C)c5)cccc43)C23CCC3)c1. The van der Waals surface area contributed by atoms with Gasteiger partial charge < -0.3 is 0 Å². The third-order valence-electron chi connectivity index (χ3n) is 11.7. The van der Waals surface area contributed by atoms with Crippen LogP contribution in [0.1, 0.15) is 99.5 Å². The quantitative estimate of drug-likeness (QED) is 0.184. The Bertz CT molecular complexity index is 1710. The molecule has 1 heterocycles. The summed E-state index contributed by atoms with van der Waals surface area (Å²) >= 11 is -3.03. The first kappa shape index (κ1) is 27.8. The summed E-state index contributed by atoms with van der Waals surface area (Å²) < 4.78 is 6.91. The topological polar surface area (TPSA) is 0 Å². The number of hydrogen-bond donors (Lipinski definition) is 0. The minimum absolute atomic E-state index is 0.247. The summed E-state index contributed by atoms with van der Waals surface area (Å²) in [7, 11) is 0. The van der Waals surface area contributed by atoms with Crippen molar-refractivity contribution < 1.29 is 20.0 Å². The standard InChI is InChI=1S/C40H38.2CH3.Hf/c1-26(2)28-10-5-12-30(20-28)36-16-7-14-32-22-34(24-38(32)36)40(18-9-19-40)35-23-33-15-8-17-37(39(33)25-35)31-13-6-11-29(21-31)27(3)4;;;/h5-8,10-17,20-27H,9,18-19H2,1-4H3;2*1H3;. The van der Waals surface area contributed by atoms with Crippen LogP contribution in [-0.2, 0) is 20.0 Å². The molecular weight excluding hydrogens is 683 g/mol. The van der Waals surface area contributed by atoms with Crippen molar-refractivity contribution in [3.05, 3.63) is 129 Å². The van der Waals surface area contributed by atoms with Gasteiger partial charge in [0.25, 0.3) is 0 Å². The molecule has 1 saturated heterocycles. The predicted molar refractivity (Wildman–Crippen MR) is 181 cm³/mol. The van der Waals surface area contributed by atoms with Crippen LogP contribution in [0, 0.1) is 5.41 Å². The minimum atomic E-state index is -3.03. The molecule has 0 N–H and O–H groups in total. The number of rotatable bonds is 4. The van der Waals surface area contributed by atoms with Crippen LogP contribution < -0.4 is 0 Å². The van der Waals surface area contributed by atoms with Crippen molar-refractivity contribution in [2.24, 2.45) is 5.41 Å². The van der Waals surface area contributed by atoms with E-state index in [-0.39, 0.29) is 5.41 Å². The zero-order valence-electron chi connectivity index (χ0n) is 26.7. The van der Waals surface area contributed by atoms with Gasteiger partial charge in [-0.1, -0.05) is 0 Å². The summed E-state index contributed by atoms with van der Waals surface area (Å²) in [5.74, 6) is 1.08. The van der Waals surface area contributed by atoms with E-state index in [0.29, 0.717) is 19.2 Å². The molecule has 0 radical (unpaired) electrons. The number of fused-ring (bicyclic) bond motifs is 8. The van der Waals surface area contributed by atoms with Gasteiger partial charge in [-0.25, -0.2) is 0 Å². The van der Waals surface area contributed by atoms with Gasteiger partial charge in [-0.2, -0.15) is 0 Å². The van der Waals surface area contributed by atoms with Crippen molar-refractivity contribution in [2.45, 2.75) is 75.5 Å². The Morgan fingerprint density at radius 1 is 0.605 bits per heavy atom. The molecule has 8 rings (SSSR count). The van der Waals surface area contributed by atoms with E-state index >= 15 is 0 Å². The first-order chi connectivity index (χ1) is 20.7. The summed E-state index contributed by atoms with van der Waals surface area (Å²) in [6, 6.07) is 33.2. The van der Waals surface area contributed by atoms with Crippen LogP contribution in [0.4, 0.5) is 0 Å². The Labute approximate surface area is 263 Å². The van der Waals surface area contributed by atoms with Crippen molar-refractivity contribution in [3.63, 3.8) is 0 Å². The van der Waals surface area contributed by atoms with Gasteiger partial charge in [-0.15, -0.1) is 0 Å². The third-order valence-corrected chi connectivity index (χ3v) is 26.8. The van der Waals surface area contributed by atoms with Crippen LogP contribution >= 0.6 is 0 Å². The van der Waals surface area contributed by atoms with Crippen LogP contribution in [0.15, 0.2) is 96.1 Å². The molecular formula is C42H44Hf. The van der Waals surface area contributed by atoms with Crippen LogP contribution in [0.25, 0.3) is 34.4 Å². The molecule has 4 aromatic carbocycles. The maximum absolute atomic E-state index is 3.03. The number of hydrogen-bond acceptors (Lipinski definition) is 0. The molecule has 4 aliphatic rings. The molecule has 3 aliphatic carbocycles. The molecule has 216 valence electrons. The predicted octanol–water partition coefficient (Wildman–Crippen LogP) is 12.3. The first-order valence-corrected chi connectivity index (χ1v) is 27.9. The molecule has 0 aromatic heterocycles. The molecule has 1 aliphatic heterocycles. The van der Waals surface area contributed by atoms with E-state index in [1.807, 2.05) is 0 Å². The second-order valence-corrected chi connectivity index (χ2v) is 32.2. The van der Waals surface area contributed by atoms with E-state index in [0.717, 1.165) is 0 Å². The average molecular weight is 727 g/mol. The Morgan fingerprint density at radius 2 is 1.05 bits per heavy atom. The second kappa shape index (κ2) is 9.87. The van der Waals surface area contributed by atoms with Gasteiger partial charge in [-0.3, -0.25) is 0 Å². The van der Waals surface area contributed by atoms with Crippen molar-refractivity contribution in [3.8, 4) is 22.3 Å². The molecule has 43 heavy (non-hydrogen) atoms. The molecule has 2 fully saturated rings. The Balaban J connectivity index is 1.31. The van der Waals surface area contributed by atoms with E-state index in [9.17, 15) is 0 Å². The van der Waals surface area contributed by atoms with E-state index < -0.39 is 20.0 Å². The van der Waals surface area contributed by atoms with Gasteiger partial charge in [0.15, 0.2) is 0 Å². The summed E-state index contributed by atoms with van der Waals surface area (Å²) in [4.78, 5) is 0. The Morgan fingerprint density at radius 3 is 1.44 bits per heavy atom. The van der Waals surface area contributed by atoms with E-state index in [1.54, 1.807) is 22.3 Å². The van der Waals surface area contributed by atoms with E-state index in [2.05, 4.69) is 134 Å². The molecule has 4 aromatic rings. The Kier molecular flexibility index (Phi) is 6.37. The second-order valence-electron chi connectivity index (χ2n) is 15.0. The van der Waals surface area contributed by atoms with Gasteiger partial charge in [0.05, 0.1) is 0 Å². The van der Waals surface area contributed by atoms with Crippen LogP contribution in [0.5, 0.6) is 0 Å². The molecule has 1 spiro atoms. The molecule has 1 heteroatoms. The molecule has 0 bridgehead atoms. The van der Waals surface area contributed by atoms with Gasteiger partial charge in [0.2, 0.25) is 0 Å². The molecule has 2 atom stereocenters. The van der Waals surface area contributed by atoms with Crippen molar-refractivity contribution in [1.29, 1.82) is 0 Å². The van der Waals surface area contributed by atoms with Crippen molar-refractivity contribution in [2.75, 3.05) is 0 Å². The van der Waals surface area contributed by atoms with Crippen LogP contribution in [0.2, 0.25) is 9.36 Å². The van der Waals surface area contributed by atoms with Gasteiger partial charge in [0.1, 0.15) is 0 Å². The fourth-order valence-corrected chi connectivity index (χ4v) is 26.4. The van der Waals surface area contributed by atoms with Crippen molar-refractivity contribution in [1.82, 2.24) is 0 Å². The maximum atomic E-state index is 2.79. The normalized spacial score (nSPS) is 22.0. The van der Waals surface area contributed by atoms with Crippen LogP contribution in [-0.4, -0.2) is 0 Å². The summed E-state index contributed by atoms with van der Waals surface area (Å²) in [6.07, 6.45) is 9.42. The van der Waals surface area contributed by atoms with Gasteiger partial charge in [0, 0.05) is 0 Å².